The van der Waals surface area contributed by atoms with Crippen molar-refractivity contribution in [2.75, 3.05) is 24.7 Å². The van der Waals surface area contributed by atoms with Crippen molar-refractivity contribution in [1.29, 1.82) is 5.26 Å². The lowest BCUT2D eigenvalue weighted by molar-refractivity contribution is 0.0454. The molecule has 0 bridgehead atoms. The molecule has 3 heterocycles. The van der Waals surface area contributed by atoms with Gasteiger partial charge in [-0.05, 0) is 37.8 Å². The fraction of sp³-hybridized carbons (Fsp3) is 0.600. The first-order valence-corrected chi connectivity index (χ1v) is 7.10. The van der Waals surface area contributed by atoms with Crippen molar-refractivity contribution in [3.8, 4) is 6.07 Å². The molecule has 0 aliphatic carbocycles. The molecule has 0 radical (unpaired) electrons. The van der Waals surface area contributed by atoms with E-state index >= 15 is 0 Å². The number of aromatic nitrogens is 1. The number of pyridine rings is 1. The lowest BCUT2D eigenvalue weighted by Gasteiger charge is -2.34. The highest BCUT2D eigenvalue weighted by molar-refractivity contribution is 5.44. The van der Waals surface area contributed by atoms with Crippen molar-refractivity contribution in [2.24, 2.45) is 5.92 Å². The normalized spacial score (nSPS) is 27.2. The van der Waals surface area contributed by atoms with Crippen molar-refractivity contribution in [1.82, 2.24) is 4.98 Å². The summed E-state index contributed by atoms with van der Waals surface area (Å²) in [7, 11) is 0. The zero-order valence-corrected chi connectivity index (χ0v) is 11.1. The van der Waals surface area contributed by atoms with Crippen LogP contribution in [0.4, 0.5) is 5.82 Å². The summed E-state index contributed by atoms with van der Waals surface area (Å²) in [5, 5.41) is 8.97. The Balaban J connectivity index is 1.80. The highest BCUT2D eigenvalue weighted by Crippen LogP contribution is 2.32. The topological polar surface area (TPSA) is 49.2 Å². The second-order valence-corrected chi connectivity index (χ2v) is 5.37. The van der Waals surface area contributed by atoms with Crippen LogP contribution in [0, 0.1) is 17.2 Å². The monoisotopic (exact) mass is 257 g/mol. The van der Waals surface area contributed by atoms with Gasteiger partial charge >= 0.3 is 0 Å². The fourth-order valence-corrected chi connectivity index (χ4v) is 3.28. The predicted octanol–water partition coefficient (Wildman–Crippen LogP) is 2.35. The Morgan fingerprint density at radius 2 is 2.26 bits per heavy atom. The van der Waals surface area contributed by atoms with Gasteiger partial charge in [-0.3, -0.25) is 0 Å². The van der Waals surface area contributed by atoms with E-state index in [1.54, 1.807) is 6.07 Å². The number of rotatable bonds is 2. The SMILES string of the molecule is N#Cc1cccc(N2CCCC2C2CCCOC2)n1. The largest absolute Gasteiger partial charge is 0.381 e. The summed E-state index contributed by atoms with van der Waals surface area (Å²) in [6.45, 7) is 2.83. The molecule has 2 saturated heterocycles. The summed E-state index contributed by atoms with van der Waals surface area (Å²) in [5.74, 6) is 1.57. The van der Waals surface area contributed by atoms with Gasteiger partial charge in [0.25, 0.3) is 0 Å². The molecule has 0 spiro atoms. The maximum Gasteiger partial charge on any atom is 0.142 e. The molecule has 2 atom stereocenters. The van der Waals surface area contributed by atoms with Crippen molar-refractivity contribution >= 4 is 5.82 Å². The minimum absolute atomic E-state index is 0.503. The Hall–Kier alpha value is -1.60. The van der Waals surface area contributed by atoms with Crippen LogP contribution in [0.2, 0.25) is 0 Å². The molecular formula is C15H19N3O. The predicted molar refractivity (Wildman–Crippen MR) is 72.9 cm³/mol. The Morgan fingerprint density at radius 1 is 1.32 bits per heavy atom. The van der Waals surface area contributed by atoms with Gasteiger partial charge in [-0.25, -0.2) is 4.98 Å². The Bertz CT molecular complexity index is 477. The molecule has 0 amide bonds. The van der Waals surface area contributed by atoms with Gasteiger partial charge in [-0.15, -0.1) is 0 Å². The van der Waals surface area contributed by atoms with Gasteiger partial charge in [0.1, 0.15) is 17.6 Å². The van der Waals surface area contributed by atoms with Gasteiger partial charge in [0.05, 0.1) is 6.61 Å². The summed E-state index contributed by atoms with van der Waals surface area (Å²) < 4.78 is 5.62. The molecule has 2 fully saturated rings. The average Bonchev–Trinajstić information content (AvgIpc) is 2.98. The molecule has 1 aromatic rings. The van der Waals surface area contributed by atoms with Crippen LogP contribution in [0.1, 0.15) is 31.4 Å². The number of ether oxygens (including phenoxy) is 1. The first kappa shape index (κ1) is 12.4. The second-order valence-electron chi connectivity index (χ2n) is 5.37. The number of hydrogen-bond acceptors (Lipinski definition) is 4. The van der Waals surface area contributed by atoms with E-state index < -0.39 is 0 Å². The molecule has 4 nitrogen and oxygen atoms in total. The van der Waals surface area contributed by atoms with Gasteiger partial charge in [-0.2, -0.15) is 5.26 Å². The van der Waals surface area contributed by atoms with Crippen LogP contribution >= 0.6 is 0 Å². The Labute approximate surface area is 114 Å². The third-order valence-corrected chi connectivity index (χ3v) is 4.18. The summed E-state index contributed by atoms with van der Waals surface area (Å²) in [5.41, 5.74) is 0.503. The first-order valence-electron chi connectivity index (χ1n) is 7.10. The molecule has 0 saturated carbocycles. The number of nitrogens with zero attached hydrogens (tertiary/aromatic N) is 3. The molecule has 2 unspecified atom stereocenters. The number of nitriles is 1. The molecule has 19 heavy (non-hydrogen) atoms. The van der Waals surface area contributed by atoms with E-state index in [4.69, 9.17) is 10.00 Å². The van der Waals surface area contributed by atoms with Gasteiger partial charge in [-0.1, -0.05) is 6.07 Å². The summed E-state index contributed by atoms with van der Waals surface area (Å²) in [6, 6.07) is 8.36. The van der Waals surface area contributed by atoms with E-state index in [1.165, 1.54) is 25.7 Å². The second kappa shape index (κ2) is 5.58. The lowest BCUT2D eigenvalue weighted by atomic mass is 9.92. The van der Waals surface area contributed by atoms with Crippen molar-refractivity contribution in [3.05, 3.63) is 23.9 Å². The van der Waals surface area contributed by atoms with Crippen LogP contribution in [0.3, 0.4) is 0 Å². The standard InChI is InChI=1S/C15H19N3O/c16-10-13-5-1-7-15(17-13)18-8-2-6-14(18)12-4-3-9-19-11-12/h1,5,7,12,14H,2-4,6,8-9,11H2. The van der Waals surface area contributed by atoms with Crippen LogP contribution < -0.4 is 4.90 Å². The van der Waals surface area contributed by atoms with E-state index in [0.29, 0.717) is 17.7 Å². The van der Waals surface area contributed by atoms with E-state index in [-0.39, 0.29) is 0 Å². The smallest absolute Gasteiger partial charge is 0.142 e. The number of hydrogen-bond donors (Lipinski definition) is 0. The lowest BCUT2D eigenvalue weighted by Crippen LogP contribution is -2.40. The van der Waals surface area contributed by atoms with E-state index in [9.17, 15) is 0 Å². The van der Waals surface area contributed by atoms with E-state index in [2.05, 4.69) is 16.0 Å². The fourth-order valence-electron chi connectivity index (χ4n) is 3.28. The van der Waals surface area contributed by atoms with Crippen LogP contribution in [-0.2, 0) is 4.74 Å². The molecule has 0 aromatic carbocycles. The molecule has 100 valence electrons. The minimum Gasteiger partial charge on any atom is -0.381 e. The Kier molecular flexibility index (Phi) is 3.65. The minimum atomic E-state index is 0.503. The molecule has 1 aromatic heterocycles. The van der Waals surface area contributed by atoms with Crippen LogP contribution in [0.15, 0.2) is 18.2 Å². The van der Waals surface area contributed by atoms with E-state index in [0.717, 1.165) is 25.6 Å². The summed E-state index contributed by atoms with van der Waals surface area (Å²) in [6.07, 6.45) is 4.84. The molecule has 2 aliphatic heterocycles. The maximum atomic E-state index is 8.97. The number of anilines is 1. The van der Waals surface area contributed by atoms with Crippen molar-refractivity contribution in [2.45, 2.75) is 31.7 Å². The molecular weight excluding hydrogens is 238 g/mol. The van der Waals surface area contributed by atoms with Gasteiger partial charge < -0.3 is 9.64 Å². The maximum absolute atomic E-state index is 8.97. The van der Waals surface area contributed by atoms with Crippen molar-refractivity contribution in [3.63, 3.8) is 0 Å². The van der Waals surface area contributed by atoms with Crippen LogP contribution in [-0.4, -0.2) is 30.8 Å². The first-order chi connectivity index (χ1) is 9.38. The van der Waals surface area contributed by atoms with Crippen LogP contribution in [0.25, 0.3) is 0 Å². The molecule has 4 heteroatoms. The zero-order valence-electron chi connectivity index (χ0n) is 11.1. The van der Waals surface area contributed by atoms with Gasteiger partial charge in [0.2, 0.25) is 0 Å². The summed E-state index contributed by atoms with van der Waals surface area (Å²) >= 11 is 0. The molecule has 3 rings (SSSR count). The third-order valence-electron chi connectivity index (χ3n) is 4.18. The van der Waals surface area contributed by atoms with Gasteiger partial charge in [0.15, 0.2) is 0 Å². The van der Waals surface area contributed by atoms with Crippen molar-refractivity contribution < 1.29 is 4.74 Å². The highest BCUT2D eigenvalue weighted by Gasteiger charge is 2.33. The Morgan fingerprint density at radius 3 is 3.05 bits per heavy atom. The average molecular weight is 257 g/mol. The summed E-state index contributed by atoms with van der Waals surface area (Å²) in [4.78, 5) is 6.82. The van der Waals surface area contributed by atoms with Gasteiger partial charge in [0, 0.05) is 25.1 Å². The highest BCUT2D eigenvalue weighted by atomic mass is 16.5. The third kappa shape index (κ3) is 2.57. The van der Waals surface area contributed by atoms with Crippen LogP contribution in [0.5, 0.6) is 0 Å². The quantitative estimate of drug-likeness (QED) is 0.816. The molecule has 0 N–H and O–H groups in total. The zero-order chi connectivity index (χ0) is 13.1. The molecule has 2 aliphatic rings. The van der Waals surface area contributed by atoms with E-state index in [1.807, 2.05) is 12.1 Å².